The zero-order chi connectivity index (χ0) is 78.4. The average Bonchev–Trinajstić information content (AvgIpc) is 1.66. The van der Waals surface area contributed by atoms with Gasteiger partial charge in [0.05, 0.1) is 0 Å². The van der Waals surface area contributed by atoms with Gasteiger partial charge in [-0.3, -0.25) is 0 Å². The van der Waals surface area contributed by atoms with Gasteiger partial charge in [-0.2, -0.15) is 24.3 Å². The van der Waals surface area contributed by atoms with Gasteiger partial charge < -0.3 is 24.8 Å². The number of hydrogen-bond donors (Lipinski definition) is 0. The molecule has 0 radical (unpaired) electrons. The Kier molecular flexibility index (Phi) is 54.1. The largest absolute Gasteiger partial charge is 2.00 e. The van der Waals surface area contributed by atoms with Gasteiger partial charge in [0.2, 0.25) is 0 Å². The third-order valence-electron chi connectivity index (χ3n) is 23.0. The van der Waals surface area contributed by atoms with Crippen LogP contribution in [0.4, 0.5) is 0 Å². The maximum atomic E-state index is 2.53. The fraction of sp³-hybridized carbons (Fsp3) is 0.444. The number of halogens is 2. The molecule has 116 heavy (non-hydrogen) atoms. The van der Waals surface area contributed by atoms with E-state index in [1.807, 2.05) is 0 Å². The van der Waals surface area contributed by atoms with Crippen LogP contribution in [0.5, 0.6) is 0 Å². The Morgan fingerprint density at radius 3 is 0.509 bits per heavy atom. The van der Waals surface area contributed by atoms with Crippen LogP contribution in [0.15, 0.2) is 243 Å². The minimum absolute atomic E-state index is 0. The number of rotatable bonds is 48. The molecule has 12 rings (SSSR count). The molecule has 0 amide bonds. The molecule has 0 fully saturated rings. The molecule has 0 nitrogen and oxygen atoms in total. The van der Waals surface area contributed by atoms with E-state index in [2.05, 4.69) is 298 Å². The predicted octanol–water partition coefficient (Wildman–Crippen LogP) is 28.0. The average molecular weight is 1730 g/mol. The van der Waals surface area contributed by atoms with Crippen molar-refractivity contribution in [2.45, 2.75) is 261 Å². The van der Waals surface area contributed by atoms with E-state index in [0.29, 0.717) is 0 Å². The van der Waals surface area contributed by atoms with Crippen LogP contribution in [0.25, 0.3) is 87.6 Å². The second-order valence-electron chi connectivity index (χ2n) is 32.0. The van der Waals surface area contributed by atoms with E-state index in [-0.39, 0.29) is 99.9 Å². The van der Waals surface area contributed by atoms with Crippen LogP contribution in [-0.2, 0) is 43.4 Å². The van der Waals surface area contributed by atoms with Crippen LogP contribution < -0.4 is 46.0 Å². The summed E-state index contributed by atoms with van der Waals surface area (Å²) in [5.41, 5.74) is 10.9. The van der Waals surface area contributed by atoms with E-state index >= 15 is 0 Å². The van der Waals surface area contributed by atoms with Crippen molar-refractivity contribution in [2.24, 2.45) is 0 Å². The molecule has 0 unspecified atom stereocenters. The third-order valence-corrected chi connectivity index (χ3v) is 33.8. The minimum Gasteiger partial charge on any atom is -1.00 e. The second-order valence-corrected chi connectivity index (χ2v) is 41.9. The minimum atomic E-state index is -0.0171. The van der Waals surface area contributed by atoms with Crippen LogP contribution in [0.3, 0.4) is 0 Å². The zero-order valence-electron chi connectivity index (χ0n) is 72.9. The van der Waals surface area contributed by atoms with Gasteiger partial charge in [0, 0.05) is 0 Å². The van der Waals surface area contributed by atoms with E-state index in [0.717, 1.165) is 0 Å². The first-order chi connectivity index (χ1) is 55.3. The SMILES string of the molecule is CCCCCCP(CCCCCC)c1cc2c(-c3ccccc3)cccc2[cH-]1.CCCCCCP(CCCCCC)c1cc2c(-c3ccccc3)cccc2[cH-]1.CCCCCCP(CCCCCC)c1cc2c(-c3ccccc3)cccc2[cH-]1.CCCCCCP(CCCCCC)c1cc2c(-c3ccccc3)cccc2[cH-]1.[Cl-].[Cl-].[Ti+2].[Ti+2]. The van der Waals surface area contributed by atoms with Crippen molar-refractivity contribution in [2.75, 3.05) is 49.3 Å². The van der Waals surface area contributed by atoms with Crippen LogP contribution in [-0.4, -0.2) is 49.3 Å². The Morgan fingerprint density at radius 1 is 0.190 bits per heavy atom. The van der Waals surface area contributed by atoms with Crippen LogP contribution in [0.1, 0.15) is 261 Å². The molecular weight excluding hydrogens is 1590 g/mol. The summed E-state index contributed by atoms with van der Waals surface area (Å²) >= 11 is 0. The quantitative estimate of drug-likeness (QED) is 0.0154. The summed E-state index contributed by atoms with van der Waals surface area (Å²) in [6.07, 6.45) is 55.5. The Labute approximate surface area is 754 Å². The van der Waals surface area contributed by atoms with Crippen LogP contribution >= 0.6 is 31.7 Å². The molecule has 620 valence electrons. The van der Waals surface area contributed by atoms with E-state index in [4.69, 9.17) is 0 Å². The number of fused-ring (bicyclic) bond motifs is 4. The number of unbranched alkanes of at least 4 members (excludes halogenated alkanes) is 24. The first-order valence-corrected chi connectivity index (χ1v) is 52.2. The summed E-state index contributed by atoms with van der Waals surface area (Å²) in [6, 6.07) is 90.8. The van der Waals surface area contributed by atoms with Crippen LogP contribution in [0.2, 0.25) is 0 Å². The Bertz CT molecular complexity index is 3810. The molecule has 12 aromatic carbocycles. The van der Waals surface area contributed by atoms with Gasteiger partial charge in [0.15, 0.2) is 0 Å². The molecular formula is C108H144Cl2P4Ti2-2. The van der Waals surface area contributed by atoms with Crippen molar-refractivity contribution in [3.05, 3.63) is 243 Å². The molecule has 0 aliphatic heterocycles. The summed E-state index contributed by atoms with van der Waals surface area (Å²) in [7, 11) is -0.0684. The molecule has 0 heterocycles. The molecule has 0 N–H and O–H groups in total. The Balaban J connectivity index is 0.000000273. The number of hydrogen-bond acceptors (Lipinski definition) is 0. The molecule has 0 aromatic heterocycles. The van der Waals surface area contributed by atoms with Gasteiger partial charge in [-0.05, 0) is 123 Å². The topological polar surface area (TPSA) is 0 Å². The molecule has 0 atom stereocenters. The van der Waals surface area contributed by atoms with Crippen molar-refractivity contribution in [1.82, 2.24) is 0 Å². The van der Waals surface area contributed by atoms with Gasteiger partial charge in [-0.1, -0.05) is 409 Å². The summed E-state index contributed by atoms with van der Waals surface area (Å²) in [6.45, 7) is 18.5. The smallest absolute Gasteiger partial charge is 1.00 e. The molecule has 12 aromatic rings. The fourth-order valence-corrected chi connectivity index (χ4v) is 26.7. The molecule has 0 bridgehead atoms. The standard InChI is InChI=1S/4C27H36P.2ClH.2Ti/c4*1-3-5-7-12-19-28(20-13-8-6-4-2)25-21-24-17-14-18-26(27(24)22-25)23-15-10-9-11-16-23;;;;/h4*9-11,14-18,21-22H,3-8,12-13,19-20H2,1-2H3;2*1H;;/q4*-1;;;2*+2/p-2. The van der Waals surface area contributed by atoms with E-state index < -0.39 is 0 Å². The van der Waals surface area contributed by atoms with Crippen LogP contribution in [0, 0.1) is 0 Å². The zero-order valence-corrected chi connectivity index (χ0v) is 81.1. The summed E-state index contributed by atoms with van der Waals surface area (Å²) in [5.74, 6) is 0. The number of benzene rings is 8. The van der Waals surface area contributed by atoms with Crippen molar-refractivity contribution in [3.8, 4) is 44.5 Å². The van der Waals surface area contributed by atoms with Gasteiger partial charge in [0.25, 0.3) is 0 Å². The second kappa shape index (κ2) is 61.3. The Hall–Kier alpha value is -4.07. The fourth-order valence-electron chi connectivity index (χ4n) is 16.4. The molecule has 0 aliphatic rings. The normalized spacial score (nSPS) is 11.1. The van der Waals surface area contributed by atoms with Crippen molar-refractivity contribution >= 4 is 96.0 Å². The van der Waals surface area contributed by atoms with Gasteiger partial charge in [-0.25, -0.2) is 0 Å². The molecule has 0 saturated heterocycles. The molecule has 0 spiro atoms. The summed E-state index contributed by atoms with van der Waals surface area (Å²) in [5, 5.41) is 18.0. The molecule has 0 saturated carbocycles. The monoisotopic (exact) mass is 1730 g/mol. The van der Waals surface area contributed by atoms with Crippen molar-refractivity contribution in [3.63, 3.8) is 0 Å². The Morgan fingerprint density at radius 2 is 0.353 bits per heavy atom. The maximum Gasteiger partial charge on any atom is 2.00 e. The summed E-state index contributed by atoms with van der Waals surface area (Å²) in [4.78, 5) is 0. The van der Waals surface area contributed by atoms with E-state index in [1.54, 1.807) is 21.2 Å². The van der Waals surface area contributed by atoms with Gasteiger partial charge >= 0.3 is 43.4 Å². The van der Waals surface area contributed by atoms with Gasteiger partial charge in [-0.15, -0.1) is 137 Å². The van der Waals surface area contributed by atoms with Crippen molar-refractivity contribution in [1.29, 1.82) is 0 Å². The van der Waals surface area contributed by atoms with Gasteiger partial charge in [0.1, 0.15) is 0 Å². The summed E-state index contributed by atoms with van der Waals surface area (Å²) < 4.78 is 0. The molecule has 8 heteroatoms. The predicted molar refractivity (Wildman–Crippen MR) is 518 cm³/mol. The third kappa shape index (κ3) is 34.0. The maximum absolute atomic E-state index is 2.53. The van der Waals surface area contributed by atoms with Crippen molar-refractivity contribution < 1.29 is 68.2 Å². The van der Waals surface area contributed by atoms with E-state index in [9.17, 15) is 0 Å². The first-order valence-electron chi connectivity index (χ1n) is 45.3. The molecule has 0 aliphatic carbocycles. The van der Waals surface area contributed by atoms with E-state index in [1.165, 1.54) is 342 Å². The first kappa shape index (κ1) is 102.